The molecule has 0 saturated heterocycles. The molecule has 0 aromatic heterocycles. The van der Waals surface area contributed by atoms with Crippen LogP contribution in [0.2, 0.25) is 0 Å². The Morgan fingerprint density at radius 3 is 2.14 bits per heavy atom. The summed E-state index contributed by atoms with van der Waals surface area (Å²) in [6, 6.07) is 0.772. The Kier molecular flexibility index (Phi) is 6.31. The lowest BCUT2D eigenvalue weighted by Gasteiger charge is -2.16. The number of sulfone groups is 1. The van der Waals surface area contributed by atoms with Crippen molar-refractivity contribution in [3.8, 4) is 0 Å². The van der Waals surface area contributed by atoms with Crippen LogP contribution in [0, 0.1) is 0 Å². The standard InChI is InChI=1S/C9H22N2O2S/c1-8(2)11-7-9(3)10-5-6-14(4,12)13/h8-11H,5-7H2,1-4H3. The highest BCUT2D eigenvalue weighted by Gasteiger charge is 2.04. The first-order chi connectivity index (χ1) is 6.31. The Hall–Kier alpha value is -0.130. The zero-order valence-corrected chi connectivity index (χ0v) is 10.3. The maximum Gasteiger partial charge on any atom is 0.148 e. The van der Waals surface area contributed by atoms with Gasteiger partial charge in [0.2, 0.25) is 0 Å². The number of nitrogens with one attached hydrogen (secondary N) is 2. The summed E-state index contributed by atoms with van der Waals surface area (Å²) in [5.41, 5.74) is 0. The predicted molar refractivity (Wildman–Crippen MR) is 60.3 cm³/mol. The molecule has 0 aliphatic rings. The number of hydrogen-bond donors (Lipinski definition) is 2. The third kappa shape index (κ3) is 9.95. The summed E-state index contributed by atoms with van der Waals surface area (Å²) < 4.78 is 21.6. The fourth-order valence-corrected chi connectivity index (χ4v) is 1.46. The second kappa shape index (κ2) is 6.37. The van der Waals surface area contributed by atoms with Gasteiger partial charge >= 0.3 is 0 Å². The van der Waals surface area contributed by atoms with Gasteiger partial charge in [0.25, 0.3) is 0 Å². The lowest BCUT2D eigenvalue weighted by atomic mass is 10.3. The van der Waals surface area contributed by atoms with Crippen LogP contribution in [0.5, 0.6) is 0 Å². The van der Waals surface area contributed by atoms with E-state index in [-0.39, 0.29) is 5.75 Å². The average Bonchev–Trinajstić information content (AvgIpc) is 1.98. The van der Waals surface area contributed by atoms with E-state index in [9.17, 15) is 8.42 Å². The van der Waals surface area contributed by atoms with Crippen LogP contribution in [-0.4, -0.2) is 45.6 Å². The van der Waals surface area contributed by atoms with Gasteiger partial charge in [-0.25, -0.2) is 8.42 Å². The summed E-state index contributed by atoms with van der Waals surface area (Å²) >= 11 is 0. The van der Waals surface area contributed by atoms with Crippen molar-refractivity contribution < 1.29 is 8.42 Å². The first-order valence-electron chi connectivity index (χ1n) is 4.96. The van der Waals surface area contributed by atoms with E-state index in [2.05, 4.69) is 24.5 Å². The molecule has 0 amide bonds. The third-order valence-corrected chi connectivity index (χ3v) is 2.74. The molecular weight excluding hydrogens is 200 g/mol. The summed E-state index contributed by atoms with van der Waals surface area (Å²) in [6.07, 6.45) is 1.26. The Bertz CT molecular complexity index is 237. The van der Waals surface area contributed by atoms with Crippen molar-refractivity contribution in [1.82, 2.24) is 10.6 Å². The fraction of sp³-hybridized carbons (Fsp3) is 1.00. The van der Waals surface area contributed by atoms with Crippen molar-refractivity contribution >= 4 is 9.84 Å². The molecule has 0 heterocycles. The van der Waals surface area contributed by atoms with Crippen LogP contribution in [0.15, 0.2) is 0 Å². The van der Waals surface area contributed by atoms with Crippen molar-refractivity contribution in [3.63, 3.8) is 0 Å². The Morgan fingerprint density at radius 2 is 1.71 bits per heavy atom. The van der Waals surface area contributed by atoms with Gasteiger partial charge in [-0.15, -0.1) is 0 Å². The largest absolute Gasteiger partial charge is 0.313 e. The number of rotatable bonds is 7. The average molecular weight is 222 g/mol. The Balaban J connectivity index is 3.50. The summed E-state index contributed by atoms with van der Waals surface area (Å²) in [5, 5.41) is 6.43. The monoisotopic (exact) mass is 222 g/mol. The van der Waals surface area contributed by atoms with Gasteiger partial charge < -0.3 is 10.6 Å². The highest BCUT2D eigenvalue weighted by molar-refractivity contribution is 7.90. The summed E-state index contributed by atoms with van der Waals surface area (Å²) in [7, 11) is -2.83. The molecule has 0 aromatic carbocycles. The van der Waals surface area contributed by atoms with E-state index in [0.717, 1.165) is 6.54 Å². The van der Waals surface area contributed by atoms with E-state index in [0.29, 0.717) is 18.6 Å². The molecule has 0 saturated carbocycles. The molecule has 5 heteroatoms. The van der Waals surface area contributed by atoms with E-state index < -0.39 is 9.84 Å². The summed E-state index contributed by atoms with van der Waals surface area (Å²) in [6.45, 7) is 7.60. The first-order valence-corrected chi connectivity index (χ1v) is 7.02. The van der Waals surface area contributed by atoms with Crippen LogP contribution < -0.4 is 10.6 Å². The molecule has 0 aromatic rings. The highest BCUT2D eigenvalue weighted by Crippen LogP contribution is 1.84. The minimum atomic E-state index is -2.83. The van der Waals surface area contributed by atoms with Crippen LogP contribution in [0.4, 0.5) is 0 Å². The molecule has 1 unspecified atom stereocenters. The minimum Gasteiger partial charge on any atom is -0.313 e. The fourth-order valence-electron chi connectivity index (χ4n) is 0.975. The van der Waals surface area contributed by atoms with Crippen molar-refractivity contribution in [2.75, 3.05) is 25.1 Å². The summed E-state index contributed by atoms with van der Waals surface area (Å²) in [5.74, 6) is 0.207. The topological polar surface area (TPSA) is 58.2 Å². The lowest BCUT2D eigenvalue weighted by molar-refractivity contribution is 0.483. The second-order valence-corrected chi connectivity index (χ2v) is 6.31. The van der Waals surface area contributed by atoms with Crippen LogP contribution >= 0.6 is 0 Å². The van der Waals surface area contributed by atoms with Crippen LogP contribution in [0.1, 0.15) is 20.8 Å². The van der Waals surface area contributed by atoms with E-state index in [1.54, 1.807) is 0 Å². The minimum absolute atomic E-state index is 0.207. The molecular formula is C9H22N2O2S. The van der Waals surface area contributed by atoms with Crippen molar-refractivity contribution in [2.45, 2.75) is 32.9 Å². The number of hydrogen-bond acceptors (Lipinski definition) is 4. The van der Waals surface area contributed by atoms with Crippen molar-refractivity contribution in [1.29, 1.82) is 0 Å². The van der Waals surface area contributed by atoms with Gasteiger partial charge in [0.05, 0.1) is 5.75 Å². The quantitative estimate of drug-likeness (QED) is 0.637. The smallest absolute Gasteiger partial charge is 0.148 e. The zero-order chi connectivity index (χ0) is 11.2. The molecule has 0 fully saturated rings. The van der Waals surface area contributed by atoms with Gasteiger partial charge in [0, 0.05) is 31.4 Å². The maximum atomic E-state index is 10.8. The van der Waals surface area contributed by atoms with Crippen LogP contribution in [0.25, 0.3) is 0 Å². The summed E-state index contributed by atoms with van der Waals surface area (Å²) in [4.78, 5) is 0. The lowest BCUT2D eigenvalue weighted by Crippen LogP contribution is -2.40. The van der Waals surface area contributed by atoms with Crippen LogP contribution in [0.3, 0.4) is 0 Å². The van der Waals surface area contributed by atoms with E-state index in [1.165, 1.54) is 6.26 Å². The Morgan fingerprint density at radius 1 is 1.14 bits per heavy atom. The molecule has 0 spiro atoms. The van der Waals surface area contributed by atoms with Crippen LogP contribution in [-0.2, 0) is 9.84 Å². The predicted octanol–water partition coefficient (Wildman–Crippen LogP) is 0.00710. The van der Waals surface area contributed by atoms with Gasteiger partial charge in [-0.05, 0) is 6.92 Å². The maximum absolute atomic E-state index is 10.8. The molecule has 1 atom stereocenters. The first kappa shape index (κ1) is 13.9. The second-order valence-electron chi connectivity index (χ2n) is 4.05. The van der Waals surface area contributed by atoms with Crippen molar-refractivity contribution in [2.24, 2.45) is 0 Å². The molecule has 0 bridgehead atoms. The molecule has 0 rings (SSSR count). The third-order valence-electron chi connectivity index (χ3n) is 1.80. The van der Waals surface area contributed by atoms with Gasteiger partial charge in [-0.2, -0.15) is 0 Å². The van der Waals surface area contributed by atoms with E-state index in [4.69, 9.17) is 0 Å². The van der Waals surface area contributed by atoms with Gasteiger partial charge in [0.1, 0.15) is 9.84 Å². The Labute approximate surface area is 87.4 Å². The molecule has 0 aliphatic carbocycles. The van der Waals surface area contributed by atoms with Gasteiger partial charge in [-0.1, -0.05) is 13.8 Å². The van der Waals surface area contributed by atoms with Gasteiger partial charge in [0.15, 0.2) is 0 Å². The SMILES string of the molecule is CC(C)NCC(C)NCCS(C)(=O)=O. The molecule has 0 aliphatic heterocycles. The van der Waals surface area contributed by atoms with Gasteiger partial charge in [-0.3, -0.25) is 0 Å². The normalized spacial score (nSPS) is 14.6. The highest BCUT2D eigenvalue weighted by atomic mass is 32.2. The van der Waals surface area contributed by atoms with E-state index >= 15 is 0 Å². The molecule has 14 heavy (non-hydrogen) atoms. The zero-order valence-electron chi connectivity index (χ0n) is 9.50. The molecule has 86 valence electrons. The van der Waals surface area contributed by atoms with E-state index in [1.807, 2.05) is 6.92 Å². The molecule has 4 nitrogen and oxygen atoms in total. The van der Waals surface area contributed by atoms with Crippen molar-refractivity contribution in [3.05, 3.63) is 0 Å². The molecule has 0 radical (unpaired) electrons. The molecule has 2 N–H and O–H groups in total.